The highest BCUT2D eigenvalue weighted by molar-refractivity contribution is 5.98. The number of hydrogen-bond acceptors (Lipinski definition) is 3. The van der Waals surface area contributed by atoms with Gasteiger partial charge >= 0.3 is 24.3 Å². The number of rotatable bonds is 0. The molecule has 4 atom stereocenters. The molecular weight excluding hydrogens is 294 g/mol. The zero-order chi connectivity index (χ0) is 15.0. The molecule has 1 saturated carbocycles. The molecule has 2 fully saturated rings. The zero-order valence-electron chi connectivity index (χ0n) is 9.51. The summed E-state index contributed by atoms with van der Waals surface area (Å²) in [7, 11) is 0. The maximum absolute atomic E-state index is 12.9. The van der Waals surface area contributed by atoms with E-state index in [0.29, 0.717) is 0 Å². The van der Waals surface area contributed by atoms with Gasteiger partial charge in [0.05, 0.1) is 11.8 Å². The summed E-state index contributed by atoms with van der Waals surface area (Å²) in [6.45, 7) is 0. The molecule has 1 heterocycles. The Kier molecular flexibility index (Phi) is 2.39. The lowest BCUT2D eigenvalue weighted by Crippen LogP contribution is -2.36. The second kappa shape index (κ2) is 3.56. The minimum absolute atomic E-state index is 0.486. The summed E-state index contributed by atoms with van der Waals surface area (Å²) in [5, 5.41) is 0. The van der Waals surface area contributed by atoms with E-state index in [2.05, 4.69) is 4.74 Å². The topological polar surface area (TPSA) is 43.4 Å². The van der Waals surface area contributed by atoms with Crippen LogP contribution in [0.5, 0.6) is 0 Å². The van der Waals surface area contributed by atoms with Crippen molar-refractivity contribution in [2.45, 2.75) is 18.8 Å². The molecule has 20 heavy (non-hydrogen) atoms. The Balaban J connectivity index is 2.17. The van der Waals surface area contributed by atoms with Gasteiger partial charge in [0.15, 0.2) is 0 Å². The average Bonchev–Trinajstić information content (AvgIpc) is 2.86. The third-order valence-electron chi connectivity index (χ3n) is 4.15. The summed E-state index contributed by atoms with van der Waals surface area (Å²) in [6, 6.07) is 0. The number of cyclic esters (lactones) is 2. The van der Waals surface area contributed by atoms with E-state index < -0.39 is 65.5 Å². The van der Waals surface area contributed by atoms with Crippen LogP contribution in [-0.2, 0) is 14.3 Å². The Hall–Kier alpha value is -1.54. The number of esters is 2. The first-order valence-corrected chi connectivity index (χ1v) is 5.67. The van der Waals surface area contributed by atoms with Crippen LogP contribution in [0.25, 0.3) is 0 Å². The third kappa shape index (κ3) is 1.55. The lowest BCUT2D eigenvalue weighted by Gasteiger charge is -2.28. The first kappa shape index (κ1) is 13.4. The van der Waals surface area contributed by atoms with Gasteiger partial charge in [-0.25, -0.2) is 0 Å². The maximum atomic E-state index is 12.9. The van der Waals surface area contributed by atoms with Crippen LogP contribution in [0.2, 0.25) is 0 Å². The fraction of sp³-hybridized carbons (Fsp3) is 0.636. The quantitative estimate of drug-likeness (QED) is 0.298. The molecule has 3 aliphatic rings. The number of carbonyl (C=O) groups is 2. The number of fused-ring (bicyclic) bond motifs is 5. The Morgan fingerprint density at radius 2 is 1.15 bits per heavy atom. The van der Waals surface area contributed by atoms with E-state index in [4.69, 9.17) is 0 Å². The van der Waals surface area contributed by atoms with Crippen molar-refractivity contribution < 1.29 is 40.7 Å². The number of alkyl halides is 6. The molecule has 3 rings (SSSR count). The molecule has 9 heteroatoms. The molecule has 110 valence electrons. The van der Waals surface area contributed by atoms with Gasteiger partial charge < -0.3 is 4.74 Å². The Morgan fingerprint density at radius 1 is 0.800 bits per heavy atom. The molecule has 0 aromatic carbocycles. The number of hydrogen-bond donors (Lipinski definition) is 0. The predicted molar refractivity (Wildman–Crippen MR) is 48.8 cm³/mol. The summed E-state index contributed by atoms with van der Waals surface area (Å²) in [5.74, 6) is -8.46. The van der Waals surface area contributed by atoms with Crippen LogP contribution in [0, 0.1) is 23.7 Å². The fourth-order valence-corrected chi connectivity index (χ4v) is 3.64. The van der Waals surface area contributed by atoms with Crippen LogP contribution in [0.15, 0.2) is 11.1 Å². The van der Waals surface area contributed by atoms with Crippen molar-refractivity contribution in [2.24, 2.45) is 23.7 Å². The molecule has 0 N–H and O–H groups in total. The number of carbonyl (C=O) groups excluding carboxylic acids is 2. The van der Waals surface area contributed by atoms with Gasteiger partial charge in [0.1, 0.15) is 0 Å². The lowest BCUT2D eigenvalue weighted by molar-refractivity contribution is -0.154. The van der Waals surface area contributed by atoms with Crippen molar-refractivity contribution in [3.05, 3.63) is 11.1 Å². The predicted octanol–water partition coefficient (Wildman–Crippen LogP) is 2.37. The molecule has 0 aromatic heterocycles. The van der Waals surface area contributed by atoms with E-state index in [9.17, 15) is 35.9 Å². The van der Waals surface area contributed by atoms with Gasteiger partial charge in [-0.15, -0.1) is 0 Å². The molecule has 0 amide bonds. The largest absolute Gasteiger partial charge is 0.413 e. The average molecular weight is 300 g/mol. The molecule has 4 unspecified atom stereocenters. The number of allylic oxidation sites excluding steroid dienone is 2. The van der Waals surface area contributed by atoms with E-state index in [1.165, 1.54) is 0 Å². The van der Waals surface area contributed by atoms with Crippen LogP contribution in [0.3, 0.4) is 0 Å². The van der Waals surface area contributed by atoms with E-state index >= 15 is 0 Å². The van der Waals surface area contributed by atoms with Crippen molar-refractivity contribution in [3.63, 3.8) is 0 Å². The fourth-order valence-electron chi connectivity index (χ4n) is 3.64. The van der Waals surface area contributed by atoms with Crippen LogP contribution in [0.4, 0.5) is 26.3 Å². The SMILES string of the molecule is O=C1OC(=O)C2C3CC(C(C(F)(F)F)=C3C(F)(F)F)C12. The summed E-state index contributed by atoms with van der Waals surface area (Å²) < 4.78 is 81.5. The minimum atomic E-state index is -5.18. The van der Waals surface area contributed by atoms with Gasteiger partial charge in [-0.3, -0.25) is 9.59 Å². The second-order valence-electron chi connectivity index (χ2n) is 5.06. The van der Waals surface area contributed by atoms with Crippen LogP contribution < -0.4 is 0 Å². The molecule has 0 aromatic rings. The van der Waals surface area contributed by atoms with E-state index in [1.54, 1.807) is 0 Å². The van der Waals surface area contributed by atoms with Crippen molar-refractivity contribution >= 4 is 11.9 Å². The van der Waals surface area contributed by atoms with E-state index in [-0.39, 0.29) is 0 Å². The second-order valence-corrected chi connectivity index (χ2v) is 5.06. The van der Waals surface area contributed by atoms with Crippen molar-refractivity contribution in [2.75, 3.05) is 0 Å². The zero-order valence-corrected chi connectivity index (χ0v) is 9.51. The van der Waals surface area contributed by atoms with Crippen LogP contribution >= 0.6 is 0 Å². The molecule has 1 aliphatic heterocycles. The lowest BCUT2D eigenvalue weighted by atomic mass is 9.76. The van der Waals surface area contributed by atoms with Crippen LogP contribution in [0.1, 0.15) is 6.42 Å². The van der Waals surface area contributed by atoms with Gasteiger partial charge in [-0.1, -0.05) is 0 Å². The molecule has 2 aliphatic carbocycles. The highest BCUT2D eigenvalue weighted by Gasteiger charge is 2.70. The number of halogens is 6. The molecule has 2 bridgehead atoms. The summed E-state index contributed by atoms with van der Waals surface area (Å²) >= 11 is 0. The molecule has 3 nitrogen and oxygen atoms in total. The third-order valence-corrected chi connectivity index (χ3v) is 4.15. The first-order valence-electron chi connectivity index (χ1n) is 5.67. The van der Waals surface area contributed by atoms with Gasteiger partial charge in [-0.2, -0.15) is 26.3 Å². The maximum Gasteiger partial charge on any atom is 0.413 e. The normalized spacial score (nSPS) is 36.7. The Labute approximate surface area is 107 Å². The molecule has 1 saturated heterocycles. The van der Waals surface area contributed by atoms with Gasteiger partial charge in [0, 0.05) is 23.0 Å². The highest BCUT2D eigenvalue weighted by Crippen LogP contribution is 2.64. The summed E-state index contributed by atoms with van der Waals surface area (Å²) in [5.41, 5.74) is -3.44. The Bertz CT molecular complexity index is 497. The molecule has 0 radical (unpaired) electrons. The van der Waals surface area contributed by atoms with E-state index in [0.717, 1.165) is 0 Å². The van der Waals surface area contributed by atoms with Crippen molar-refractivity contribution in [1.29, 1.82) is 0 Å². The first-order chi connectivity index (χ1) is 9.03. The Morgan fingerprint density at radius 3 is 1.45 bits per heavy atom. The monoisotopic (exact) mass is 300 g/mol. The summed E-state index contributed by atoms with van der Waals surface area (Å²) in [6.07, 6.45) is -10.8. The van der Waals surface area contributed by atoms with Crippen molar-refractivity contribution in [3.8, 4) is 0 Å². The highest BCUT2D eigenvalue weighted by atomic mass is 19.4. The van der Waals surface area contributed by atoms with Gasteiger partial charge in [0.25, 0.3) is 0 Å². The number of ether oxygens (including phenoxy) is 1. The minimum Gasteiger partial charge on any atom is -0.393 e. The van der Waals surface area contributed by atoms with Gasteiger partial charge in [-0.05, 0) is 6.42 Å². The van der Waals surface area contributed by atoms with Gasteiger partial charge in [0.2, 0.25) is 0 Å². The summed E-state index contributed by atoms with van der Waals surface area (Å²) in [4.78, 5) is 22.7. The van der Waals surface area contributed by atoms with Crippen LogP contribution in [-0.4, -0.2) is 24.3 Å². The van der Waals surface area contributed by atoms with E-state index in [1.807, 2.05) is 0 Å². The smallest absolute Gasteiger partial charge is 0.393 e. The molecule has 0 spiro atoms. The standard InChI is InChI=1S/C11H6F6O3/c12-10(13,14)6-2-1-3(7(6)11(15,16)17)5-4(2)8(18)20-9(5)19/h2-5H,1H2. The van der Waals surface area contributed by atoms with Crippen molar-refractivity contribution in [1.82, 2.24) is 0 Å². The molecular formula is C11H6F6O3.